The Balaban J connectivity index is 2.02. The van der Waals surface area contributed by atoms with Gasteiger partial charge in [-0.2, -0.15) is 0 Å². The van der Waals surface area contributed by atoms with Crippen LogP contribution in [0.3, 0.4) is 0 Å². The smallest absolute Gasteiger partial charge is 0.323 e. The quantitative estimate of drug-likeness (QED) is 0.662. The van der Waals surface area contributed by atoms with Crippen LogP contribution in [0.1, 0.15) is 22.5 Å². The van der Waals surface area contributed by atoms with E-state index in [4.69, 9.17) is 5.73 Å². The second kappa shape index (κ2) is 4.31. The molecule has 1 amide bonds. The third-order valence-electron chi connectivity index (χ3n) is 3.36. The Morgan fingerprint density at radius 2 is 2.21 bits per heavy atom. The molecule has 0 bridgehead atoms. The van der Waals surface area contributed by atoms with Crippen LogP contribution in [0.25, 0.3) is 0 Å². The molecule has 1 aliphatic rings. The number of H-pyrrole nitrogens is 2. The van der Waals surface area contributed by atoms with Crippen molar-refractivity contribution in [2.75, 3.05) is 17.2 Å². The molecule has 1 aliphatic heterocycles. The van der Waals surface area contributed by atoms with Crippen molar-refractivity contribution in [1.29, 1.82) is 0 Å². The predicted octanol–water partition coefficient (Wildman–Crippen LogP) is 0.878. The van der Waals surface area contributed by atoms with Gasteiger partial charge in [0.1, 0.15) is 5.69 Å². The maximum absolute atomic E-state index is 12.4. The average Bonchev–Trinajstić information content (AvgIpc) is 2.85. The zero-order chi connectivity index (χ0) is 13.4. The van der Waals surface area contributed by atoms with Gasteiger partial charge in [0.2, 0.25) is 0 Å². The molecule has 4 N–H and O–H groups in total. The third-order valence-corrected chi connectivity index (χ3v) is 3.36. The number of aromatic amines is 2. The van der Waals surface area contributed by atoms with Gasteiger partial charge in [0.25, 0.3) is 5.91 Å². The summed E-state index contributed by atoms with van der Waals surface area (Å²) in [4.78, 5) is 30.0. The third kappa shape index (κ3) is 1.91. The number of nitrogens with zero attached hydrogens (tertiary/aromatic N) is 1. The second-order valence-electron chi connectivity index (χ2n) is 4.56. The monoisotopic (exact) mass is 258 g/mol. The summed E-state index contributed by atoms with van der Waals surface area (Å²) >= 11 is 0. The van der Waals surface area contributed by atoms with Gasteiger partial charge < -0.3 is 20.6 Å². The maximum Gasteiger partial charge on any atom is 0.323 e. The van der Waals surface area contributed by atoms with Gasteiger partial charge >= 0.3 is 5.69 Å². The molecule has 0 saturated heterocycles. The fourth-order valence-corrected chi connectivity index (χ4v) is 2.46. The summed E-state index contributed by atoms with van der Waals surface area (Å²) in [6.45, 7) is 0.627. The molecule has 1 aromatic carbocycles. The first-order chi connectivity index (χ1) is 9.16. The lowest BCUT2D eigenvalue weighted by atomic mass is 9.99. The summed E-state index contributed by atoms with van der Waals surface area (Å²) in [5, 5.41) is 0. The minimum absolute atomic E-state index is 0.218. The van der Waals surface area contributed by atoms with Gasteiger partial charge in [0, 0.05) is 24.1 Å². The molecule has 0 unspecified atom stereocenters. The number of hydrogen-bond acceptors (Lipinski definition) is 3. The highest BCUT2D eigenvalue weighted by Crippen LogP contribution is 2.31. The number of anilines is 2. The number of nitrogens with one attached hydrogen (secondary N) is 2. The molecule has 0 radical (unpaired) electrons. The topological polar surface area (TPSA) is 95.0 Å². The van der Waals surface area contributed by atoms with Crippen LogP contribution >= 0.6 is 0 Å². The first-order valence-electron chi connectivity index (χ1n) is 6.14. The van der Waals surface area contributed by atoms with E-state index in [1.54, 1.807) is 4.90 Å². The van der Waals surface area contributed by atoms with Crippen LogP contribution in [-0.4, -0.2) is 22.4 Å². The van der Waals surface area contributed by atoms with Gasteiger partial charge in [-0.15, -0.1) is 0 Å². The molecule has 3 rings (SSSR count). The van der Waals surface area contributed by atoms with Crippen molar-refractivity contribution in [3.05, 3.63) is 46.1 Å². The Bertz CT molecular complexity index is 686. The number of hydrogen-bond donors (Lipinski definition) is 3. The van der Waals surface area contributed by atoms with Gasteiger partial charge in [-0.05, 0) is 30.5 Å². The van der Waals surface area contributed by atoms with Crippen LogP contribution in [0.4, 0.5) is 11.4 Å². The van der Waals surface area contributed by atoms with Gasteiger partial charge in [-0.3, -0.25) is 4.79 Å². The average molecular weight is 258 g/mol. The Labute approximate surface area is 109 Å². The van der Waals surface area contributed by atoms with Crippen molar-refractivity contribution >= 4 is 17.3 Å². The van der Waals surface area contributed by atoms with Crippen molar-refractivity contribution in [2.45, 2.75) is 12.8 Å². The first kappa shape index (κ1) is 11.6. The SMILES string of the molecule is Nc1cccc2c1CCCN2C(=O)c1c[nH]c(=O)[nH]1. The number of imidazole rings is 1. The molecule has 0 atom stereocenters. The Morgan fingerprint density at radius 1 is 1.37 bits per heavy atom. The highest BCUT2D eigenvalue weighted by Gasteiger charge is 2.25. The Morgan fingerprint density at radius 3 is 2.95 bits per heavy atom. The van der Waals surface area contributed by atoms with E-state index in [0.29, 0.717) is 12.2 Å². The van der Waals surface area contributed by atoms with E-state index in [0.717, 1.165) is 24.1 Å². The normalized spacial score (nSPS) is 14.2. The number of benzene rings is 1. The van der Waals surface area contributed by atoms with Gasteiger partial charge in [0.15, 0.2) is 0 Å². The van der Waals surface area contributed by atoms with Crippen LogP contribution in [-0.2, 0) is 6.42 Å². The van der Waals surface area contributed by atoms with Crippen LogP contribution < -0.4 is 16.3 Å². The summed E-state index contributed by atoms with van der Waals surface area (Å²) in [5.74, 6) is -0.218. The van der Waals surface area contributed by atoms with E-state index in [-0.39, 0.29) is 17.3 Å². The molecule has 0 spiro atoms. The molecular weight excluding hydrogens is 244 g/mol. The van der Waals surface area contributed by atoms with Crippen LogP contribution in [0.2, 0.25) is 0 Å². The number of nitrogen functional groups attached to an aromatic ring is 1. The van der Waals surface area contributed by atoms with Crippen LogP contribution in [0.15, 0.2) is 29.2 Å². The van der Waals surface area contributed by atoms with E-state index < -0.39 is 0 Å². The molecule has 6 nitrogen and oxygen atoms in total. The molecule has 2 aromatic rings. The standard InChI is InChI=1S/C13H14N4O2/c14-9-4-1-5-11-8(9)3-2-6-17(11)12(18)10-7-15-13(19)16-10/h1,4-5,7H,2-3,6,14H2,(H2,15,16,19). The van der Waals surface area contributed by atoms with Gasteiger partial charge in [-0.25, -0.2) is 4.79 Å². The molecule has 0 saturated carbocycles. The van der Waals surface area contributed by atoms with E-state index in [1.807, 2.05) is 18.2 Å². The van der Waals surface area contributed by atoms with Crippen molar-refractivity contribution in [2.24, 2.45) is 0 Å². The fraction of sp³-hybridized carbons (Fsp3) is 0.231. The van der Waals surface area contributed by atoms with Crippen molar-refractivity contribution in [3.63, 3.8) is 0 Å². The Kier molecular flexibility index (Phi) is 2.63. The number of fused-ring (bicyclic) bond motifs is 1. The summed E-state index contributed by atoms with van der Waals surface area (Å²) in [6.07, 6.45) is 3.13. The van der Waals surface area contributed by atoms with Crippen molar-refractivity contribution in [3.8, 4) is 0 Å². The van der Waals surface area contributed by atoms with Crippen LogP contribution in [0, 0.1) is 0 Å². The molecule has 0 aliphatic carbocycles. The molecular formula is C13H14N4O2. The lowest BCUT2D eigenvalue weighted by Crippen LogP contribution is -2.36. The second-order valence-corrected chi connectivity index (χ2v) is 4.56. The van der Waals surface area contributed by atoms with Crippen molar-refractivity contribution < 1.29 is 4.79 Å². The van der Waals surface area contributed by atoms with E-state index in [9.17, 15) is 9.59 Å². The molecule has 19 heavy (non-hydrogen) atoms. The molecule has 98 valence electrons. The lowest BCUT2D eigenvalue weighted by molar-refractivity contribution is 0.0980. The molecule has 1 aromatic heterocycles. The first-order valence-corrected chi connectivity index (χ1v) is 6.14. The summed E-state index contributed by atoms with van der Waals surface area (Å²) < 4.78 is 0. The van der Waals surface area contributed by atoms with E-state index >= 15 is 0 Å². The highest BCUT2D eigenvalue weighted by atomic mass is 16.2. The number of carbonyl (C=O) groups excluding carboxylic acids is 1. The van der Waals surface area contributed by atoms with Crippen LogP contribution in [0.5, 0.6) is 0 Å². The molecule has 2 heterocycles. The largest absolute Gasteiger partial charge is 0.398 e. The van der Waals surface area contributed by atoms with E-state index in [1.165, 1.54) is 6.20 Å². The predicted molar refractivity (Wildman–Crippen MR) is 72.3 cm³/mol. The van der Waals surface area contributed by atoms with Crippen molar-refractivity contribution in [1.82, 2.24) is 9.97 Å². The number of aromatic nitrogens is 2. The fourth-order valence-electron chi connectivity index (χ4n) is 2.46. The lowest BCUT2D eigenvalue weighted by Gasteiger charge is -2.29. The maximum atomic E-state index is 12.4. The minimum atomic E-state index is -0.381. The zero-order valence-corrected chi connectivity index (χ0v) is 10.3. The summed E-state index contributed by atoms with van der Waals surface area (Å²) in [6, 6.07) is 5.55. The molecule has 0 fully saturated rings. The molecule has 6 heteroatoms. The van der Waals surface area contributed by atoms with E-state index in [2.05, 4.69) is 9.97 Å². The summed E-state index contributed by atoms with van der Waals surface area (Å²) in [7, 11) is 0. The van der Waals surface area contributed by atoms with Gasteiger partial charge in [0.05, 0.1) is 0 Å². The number of rotatable bonds is 1. The highest BCUT2D eigenvalue weighted by molar-refractivity contribution is 6.05. The number of nitrogens with two attached hydrogens (primary N) is 1. The number of carbonyl (C=O) groups is 1. The minimum Gasteiger partial charge on any atom is -0.398 e. The van der Waals surface area contributed by atoms with Gasteiger partial charge in [-0.1, -0.05) is 6.07 Å². The summed E-state index contributed by atoms with van der Waals surface area (Å²) in [5.41, 5.74) is 8.37. The number of amides is 1. The Hall–Kier alpha value is -2.50. The zero-order valence-electron chi connectivity index (χ0n) is 10.3.